The third-order valence-electron chi connectivity index (χ3n) is 3.79. The lowest BCUT2D eigenvalue weighted by atomic mass is 9.95. The fourth-order valence-corrected chi connectivity index (χ4v) is 2.49. The molecule has 0 amide bonds. The van der Waals surface area contributed by atoms with E-state index in [1.54, 1.807) is 13.0 Å². The van der Waals surface area contributed by atoms with Gasteiger partial charge in [0.1, 0.15) is 5.76 Å². The molecule has 0 radical (unpaired) electrons. The number of hydrogen-bond donors (Lipinski definition) is 1. The van der Waals surface area contributed by atoms with Crippen molar-refractivity contribution in [3.8, 4) is 0 Å². The summed E-state index contributed by atoms with van der Waals surface area (Å²) < 4.78 is 42.9. The molecular formula is C13H16F3NO3. The maximum absolute atomic E-state index is 12.6. The number of hydrogen-bond acceptors (Lipinski definition) is 3. The number of likely N-dealkylation sites (tertiary alicyclic amines) is 1. The number of piperidine rings is 1. The summed E-state index contributed by atoms with van der Waals surface area (Å²) in [5, 5.41) is 8.78. The average molecular weight is 291 g/mol. The van der Waals surface area contributed by atoms with Crippen LogP contribution in [0.25, 0.3) is 0 Å². The quantitative estimate of drug-likeness (QED) is 0.928. The van der Waals surface area contributed by atoms with Crippen LogP contribution >= 0.6 is 0 Å². The van der Waals surface area contributed by atoms with Crippen LogP contribution in [0.15, 0.2) is 16.5 Å². The zero-order valence-corrected chi connectivity index (χ0v) is 11.0. The first-order chi connectivity index (χ1) is 9.29. The molecule has 1 atom stereocenters. The molecular weight excluding hydrogens is 275 g/mol. The lowest BCUT2D eigenvalue weighted by Crippen LogP contribution is -2.40. The van der Waals surface area contributed by atoms with E-state index in [2.05, 4.69) is 0 Å². The first-order valence-electron chi connectivity index (χ1n) is 6.43. The lowest BCUT2D eigenvalue weighted by molar-refractivity contribution is -0.186. The van der Waals surface area contributed by atoms with Gasteiger partial charge < -0.3 is 9.52 Å². The highest BCUT2D eigenvalue weighted by molar-refractivity contribution is 5.84. The number of aromatic carboxylic acids is 1. The van der Waals surface area contributed by atoms with Gasteiger partial charge in [0.15, 0.2) is 0 Å². The Kier molecular flexibility index (Phi) is 4.08. The van der Waals surface area contributed by atoms with Gasteiger partial charge in [-0.3, -0.25) is 4.90 Å². The van der Waals surface area contributed by atoms with Crippen LogP contribution in [0.2, 0.25) is 0 Å². The highest BCUT2D eigenvalue weighted by Gasteiger charge is 2.41. The number of carbonyl (C=O) groups is 1. The smallest absolute Gasteiger partial charge is 0.391 e. The summed E-state index contributed by atoms with van der Waals surface area (Å²) in [5.41, 5.74) is 0. The standard InChI is InChI=1S/C13H16F3NO3/c1-8(10-2-3-11(20-10)12(18)19)17-6-4-9(5-7-17)13(14,15)16/h2-3,8-9H,4-7H2,1H3,(H,18,19). The molecule has 0 saturated carbocycles. The Morgan fingerprint density at radius 3 is 2.45 bits per heavy atom. The van der Waals surface area contributed by atoms with Gasteiger partial charge in [0.25, 0.3) is 0 Å². The van der Waals surface area contributed by atoms with E-state index in [-0.39, 0.29) is 24.6 Å². The Labute approximate surface area is 114 Å². The van der Waals surface area contributed by atoms with Crippen LogP contribution in [0.5, 0.6) is 0 Å². The highest BCUT2D eigenvalue weighted by Crippen LogP contribution is 2.36. The highest BCUT2D eigenvalue weighted by atomic mass is 19.4. The first-order valence-corrected chi connectivity index (χ1v) is 6.43. The first kappa shape index (κ1) is 14.9. The number of furan rings is 1. The average Bonchev–Trinajstić information content (AvgIpc) is 2.86. The number of rotatable bonds is 3. The molecule has 4 nitrogen and oxygen atoms in total. The Bertz CT molecular complexity index is 475. The zero-order chi connectivity index (χ0) is 14.9. The minimum atomic E-state index is -4.13. The Balaban J connectivity index is 1.97. The van der Waals surface area contributed by atoms with Gasteiger partial charge in [0, 0.05) is 0 Å². The normalized spacial score (nSPS) is 20.0. The van der Waals surface area contributed by atoms with Crippen molar-refractivity contribution in [2.24, 2.45) is 5.92 Å². The minimum Gasteiger partial charge on any atom is -0.475 e. The van der Waals surface area contributed by atoms with Gasteiger partial charge >= 0.3 is 12.1 Å². The molecule has 1 aromatic rings. The van der Waals surface area contributed by atoms with E-state index in [1.165, 1.54) is 6.07 Å². The maximum Gasteiger partial charge on any atom is 0.391 e. The van der Waals surface area contributed by atoms with Crippen molar-refractivity contribution < 1.29 is 27.5 Å². The van der Waals surface area contributed by atoms with Gasteiger partial charge in [-0.05, 0) is 45.0 Å². The van der Waals surface area contributed by atoms with Crippen LogP contribution in [0, 0.1) is 5.92 Å². The number of carboxylic acid groups (broad SMARTS) is 1. The Morgan fingerprint density at radius 2 is 2.00 bits per heavy atom. The number of alkyl halides is 3. The van der Waals surface area contributed by atoms with Crippen molar-refractivity contribution in [1.29, 1.82) is 0 Å². The molecule has 1 unspecified atom stereocenters. The van der Waals surface area contributed by atoms with E-state index < -0.39 is 18.1 Å². The molecule has 1 N–H and O–H groups in total. The van der Waals surface area contributed by atoms with Crippen LogP contribution in [0.3, 0.4) is 0 Å². The molecule has 1 aliphatic heterocycles. The summed E-state index contributed by atoms with van der Waals surface area (Å²) in [6.45, 7) is 2.46. The summed E-state index contributed by atoms with van der Waals surface area (Å²) in [7, 11) is 0. The lowest BCUT2D eigenvalue weighted by Gasteiger charge is -2.35. The molecule has 1 fully saturated rings. The van der Waals surface area contributed by atoms with Crippen molar-refractivity contribution >= 4 is 5.97 Å². The van der Waals surface area contributed by atoms with E-state index >= 15 is 0 Å². The van der Waals surface area contributed by atoms with Gasteiger partial charge in [-0.2, -0.15) is 13.2 Å². The second-order valence-electron chi connectivity index (χ2n) is 5.03. The van der Waals surface area contributed by atoms with Crippen LogP contribution < -0.4 is 0 Å². The molecule has 1 saturated heterocycles. The van der Waals surface area contributed by atoms with Gasteiger partial charge in [0.05, 0.1) is 12.0 Å². The minimum absolute atomic E-state index is 0.0698. The van der Waals surface area contributed by atoms with Crippen molar-refractivity contribution in [2.45, 2.75) is 32.0 Å². The van der Waals surface area contributed by atoms with Crippen LogP contribution in [-0.4, -0.2) is 35.2 Å². The Hall–Kier alpha value is -1.50. The molecule has 0 aromatic carbocycles. The fourth-order valence-electron chi connectivity index (χ4n) is 2.49. The molecule has 1 aliphatic rings. The molecule has 20 heavy (non-hydrogen) atoms. The molecule has 1 aromatic heterocycles. The molecule has 2 heterocycles. The van der Waals surface area contributed by atoms with Gasteiger partial charge in [-0.15, -0.1) is 0 Å². The summed E-state index contributed by atoms with van der Waals surface area (Å²) in [6, 6.07) is 2.69. The van der Waals surface area contributed by atoms with E-state index in [4.69, 9.17) is 9.52 Å². The molecule has 112 valence electrons. The van der Waals surface area contributed by atoms with Crippen molar-refractivity contribution in [1.82, 2.24) is 4.90 Å². The fraction of sp³-hybridized carbons (Fsp3) is 0.615. The topological polar surface area (TPSA) is 53.7 Å². The molecule has 0 aliphatic carbocycles. The maximum atomic E-state index is 12.6. The van der Waals surface area contributed by atoms with Crippen molar-refractivity contribution in [3.63, 3.8) is 0 Å². The molecule has 0 bridgehead atoms. The van der Waals surface area contributed by atoms with Crippen LogP contribution in [0.4, 0.5) is 13.2 Å². The summed E-state index contributed by atoms with van der Waals surface area (Å²) in [5.74, 6) is -2.08. The SMILES string of the molecule is CC(c1ccc(C(=O)O)o1)N1CCC(C(F)(F)F)CC1. The Morgan fingerprint density at radius 1 is 1.40 bits per heavy atom. The van der Waals surface area contributed by atoms with E-state index in [0.717, 1.165) is 0 Å². The van der Waals surface area contributed by atoms with Gasteiger partial charge in [-0.1, -0.05) is 0 Å². The van der Waals surface area contributed by atoms with Gasteiger partial charge in [0.2, 0.25) is 5.76 Å². The zero-order valence-electron chi connectivity index (χ0n) is 11.0. The predicted octanol–water partition coefficient (Wildman–Crippen LogP) is 3.31. The predicted molar refractivity (Wildman–Crippen MR) is 64.4 cm³/mol. The van der Waals surface area contributed by atoms with Crippen LogP contribution in [-0.2, 0) is 0 Å². The van der Waals surface area contributed by atoms with Gasteiger partial charge in [-0.25, -0.2) is 4.79 Å². The summed E-state index contributed by atoms with van der Waals surface area (Å²) in [4.78, 5) is 12.6. The largest absolute Gasteiger partial charge is 0.475 e. The summed E-state index contributed by atoms with van der Waals surface area (Å²) >= 11 is 0. The number of nitrogens with zero attached hydrogens (tertiary/aromatic N) is 1. The number of halogens is 3. The molecule has 7 heteroatoms. The third kappa shape index (κ3) is 3.15. The monoisotopic (exact) mass is 291 g/mol. The van der Waals surface area contributed by atoms with E-state index in [0.29, 0.717) is 18.8 Å². The van der Waals surface area contributed by atoms with Crippen molar-refractivity contribution in [2.75, 3.05) is 13.1 Å². The van der Waals surface area contributed by atoms with Crippen molar-refractivity contribution in [3.05, 3.63) is 23.7 Å². The van der Waals surface area contributed by atoms with E-state index in [1.807, 2.05) is 4.90 Å². The second kappa shape index (κ2) is 5.47. The third-order valence-corrected chi connectivity index (χ3v) is 3.79. The van der Waals surface area contributed by atoms with E-state index in [9.17, 15) is 18.0 Å². The molecule has 0 spiro atoms. The van der Waals surface area contributed by atoms with Crippen LogP contribution in [0.1, 0.15) is 42.1 Å². The molecule has 2 rings (SSSR count). The second-order valence-corrected chi connectivity index (χ2v) is 5.03. The summed E-state index contributed by atoms with van der Waals surface area (Å²) in [6.07, 6.45) is -3.99. The number of carboxylic acids is 1.